The average molecular weight is 435 g/mol. The molecule has 30 heavy (non-hydrogen) atoms. The molecule has 0 atom stereocenters. The lowest BCUT2D eigenvalue weighted by Gasteiger charge is -2.24. The lowest BCUT2D eigenvalue weighted by atomic mass is 10.2. The first-order chi connectivity index (χ1) is 14.3. The Labute approximate surface area is 176 Å². The van der Waals surface area contributed by atoms with Gasteiger partial charge in [0, 0.05) is 18.7 Å². The topological polar surface area (TPSA) is 102 Å². The predicted molar refractivity (Wildman–Crippen MR) is 115 cm³/mol. The van der Waals surface area contributed by atoms with Gasteiger partial charge < -0.3 is 14.8 Å². The average Bonchev–Trinajstić information content (AvgIpc) is 2.71. The molecule has 0 aromatic heterocycles. The van der Waals surface area contributed by atoms with Crippen molar-refractivity contribution >= 4 is 33.3 Å². The summed E-state index contributed by atoms with van der Waals surface area (Å²) in [4.78, 5) is 23.7. The van der Waals surface area contributed by atoms with Crippen LogP contribution < -0.4 is 14.4 Å². The summed E-state index contributed by atoms with van der Waals surface area (Å²) in [6.45, 7) is 2.37. The summed E-state index contributed by atoms with van der Waals surface area (Å²) in [6, 6.07) is 13.2. The zero-order chi connectivity index (χ0) is 22.1. The number of anilines is 2. The highest BCUT2D eigenvalue weighted by molar-refractivity contribution is 7.92. The maximum absolute atomic E-state index is 12.3. The molecule has 2 aromatic rings. The largest absolute Gasteiger partial charge is 0.492 e. The van der Waals surface area contributed by atoms with E-state index in [1.165, 1.54) is 11.4 Å². The predicted octanol–water partition coefficient (Wildman–Crippen LogP) is 3.06. The summed E-state index contributed by atoms with van der Waals surface area (Å²) in [7, 11) is -2.26. The highest BCUT2D eigenvalue weighted by Gasteiger charge is 2.21. The number of hydrogen-bond donors (Lipinski definition) is 1. The van der Waals surface area contributed by atoms with Crippen molar-refractivity contribution in [2.45, 2.75) is 19.8 Å². The third-order valence-corrected chi connectivity index (χ3v) is 5.37. The van der Waals surface area contributed by atoms with E-state index in [1.807, 2.05) is 6.92 Å². The number of sulfonamides is 1. The monoisotopic (exact) mass is 434 g/mol. The molecule has 0 spiro atoms. The number of hydrogen-bond acceptors (Lipinski definition) is 6. The first-order valence-corrected chi connectivity index (χ1v) is 11.3. The van der Waals surface area contributed by atoms with E-state index in [4.69, 9.17) is 4.74 Å². The van der Waals surface area contributed by atoms with Crippen LogP contribution in [0.3, 0.4) is 0 Å². The zero-order valence-corrected chi connectivity index (χ0v) is 18.1. The summed E-state index contributed by atoms with van der Waals surface area (Å²) in [5, 5.41) is 2.73. The summed E-state index contributed by atoms with van der Waals surface area (Å²) in [6.07, 6.45) is 1.57. The Hall–Kier alpha value is -3.07. The minimum absolute atomic E-state index is 0.127. The second-order valence-corrected chi connectivity index (χ2v) is 8.36. The van der Waals surface area contributed by atoms with Crippen LogP contribution >= 0.6 is 0 Å². The van der Waals surface area contributed by atoms with Gasteiger partial charge >= 0.3 is 5.97 Å². The first kappa shape index (κ1) is 23.2. The van der Waals surface area contributed by atoms with Gasteiger partial charge in [0.1, 0.15) is 5.75 Å². The van der Waals surface area contributed by atoms with E-state index in [2.05, 4.69) is 10.1 Å². The van der Waals surface area contributed by atoms with Crippen LogP contribution in [0.5, 0.6) is 5.75 Å². The minimum atomic E-state index is -3.55. The molecule has 0 radical (unpaired) electrons. The molecule has 0 aliphatic carbocycles. The van der Waals surface area contributed by atoms with Gasteiger partial charge in [-0.1, -0.05) is 12.1 Å². The summed E-state index contributed by atoms with van der Waals surface area (Å²) in [5.41, 5.74) is 1.36. The molecule has 0 unspecified atom stereocenters. The van der Waals surface area contributed by atoms with E-state index in [-0.39, 0.29) is 18.9 Å². The van der Waals surface area contributed by atoms with Crippen molar-refractivity contribution in [2.24, 2.45) is 0 Å². The number of esters is 1. The normalized spacial score (nSPS) is 10.9. The standard InChI is InChI=1S/C21H26N2O6S/c1-4-29-19-9-6-5-8-18(19)23(30(3,26)27)15-7-10-20(24)22-17-13-11-16(12-14-17)21(25)28-2/h5-6,8-9,11-14H,4,7,10,15H2,1-3H3,(H,22,24). The fourth-order valence-corrected chi connectivity index (χ4v) is 3.79. The van der Waals surface area contributed by atoms with Crippen LogP contribution in [0.1, 0.15) is 30.1 Å². The van der Waals surface area contributed by atoms with Gasteiger partial charge in [0.2, 0.25) is 15.9 Å². The molecule has 0 aliphatic heterocycles. The van der Waals surface area contributed by atoms with Gasteiger partial charge in [0.05, 0.1) is 31.2 Å². The molecule has 0 heterocycles. The number of benzene rings is 2. The molecule has 1 amide bonds. The van der Waals surface area contributed by atoms with Crippen LogP contribution in [-0.4, -0.2) is 46.8 Å². The van der Waals surface area contributed by atoms with E-state index in [1.54, 1.807) is 48.5 Å². The molecule has 2 aromatic carbocycles. The van der Waals surface area contributed by atoms with Crippen molar-refractivity contribution in [1.29, 1.82) is 0 Å². The van der Waals surface area contributed by atoms with Gasteiger partial charge in [-0.05, 0) is 49.7 Å². The molecule has 162 valence electrons. The molecule has 0 saturated heterocycles. The van der Waals surface area contributed by atoms with Gasteiger partial charge in [-0.3, -0.25) is 9.10 Å². The summed E-state index contributed by atoms with van der Waals surface area (Å²) < 4.78 is 36.0. The fraction of sp³-hybridized carbons (Fsp3) is 0.333. The van der Waals surface area contributed by atoms with Crippen molar-refractivity contribution in [3.63, 3.8) is 0 Å². The summed E-state index contributed by atoms with van der Waals surface area (Å²) >= 11 is 0. The second kappa shape index (κ2) is 10.6. The van der Waals surface area contributed by atoms with Crippen LogP contribution in [0.4, 0.5) is 11.4 Å². The Kier molecular flexibility index (Phi) is 8.23. The number of rotatable bonds is 10. The minimum Gasteiger partial charge on any atom is -0.492 e. The lowest BCUT2D eigenvalue weighted by molar-refractivity contribution is -0.116. The molecule has 8 nitrogen and oxygen atoms in total. The highest BCUT2D eigenvalue weighted by atomic mass is 32.2. The number of amides is 1. The van der Waals surface area contributed by atoms with Crippen LogP contribution in [-0.2, 0) is 19.6 Å². The first-order valence-electron chi connectivity index (χ1n) is 9.44. The SMILES string of the molecule is CCOc1ccccc1N(CCCC(=O)Nc1ccc(C(=O)OC)cc1)S(C)(=O)=O. The number of para-hydroxylation sites is 2. The number of carbonyl (C=O) groups excluding carboxylic acids is 2. The van der Waals surface area contributed by atoms with Gasteiger partial charge in [-0.25, -0.2) is 13.2 Å². The van der Waals surface area contributed by atoms with E-state index in [0.29, 0.717) is 35.7 Å². The quantitative estimate of drug-likeness (QED) is 0.577. The molecule has 0 bridgehead atoms. The molecule has 0 fully saturated rings. The fourth-order valence-electron chi connectivity index (χ4n) is 2.82. The van der Waals surface area contributed by atoms with Gasteiger partial charge in [-0.15, -0.1) is 0 Å². The van der Waals surface area contributed by atoms with Gasteiger partial charge in [0.25, 0.3) is 0 Å². The van der Waals surface area contributed by atoms with Gasteiger partial charge in [-0.2, -0.15) is 0 Å². The van der Waals surface area contributed by atoms with E-state index >= 15 is 0 Å². The zero-order valence-electron chi connectivity index (χ0n) is 17.3. The Bertz CT molecular complexity index is 973. The number of nitrogens with zero attached hydrogens (tertiary/aromatic N) is 1. The molecular formula is C21H26N2O6S. The summed E-state index contributed by atoms with van der Waals surface area (Å²) in [5.74, 6) is -0.242. The smallest absolute Gasteiger partial charge is 0.337 e. The number of methoxy groups -OCH3 is 1. The van der Waals surface area contributed by atoms with Crippen molar-refractivity contribution in [1.82, 2.24) is 0 Å². The van der Waals surface area contributed by atoms with Gasteiger partial charge in [0.15, 0.2) is 0 Å². The highest BCUT2D eigenvalue weighted by Crippen LogP contribution is 2.30. The maximum atomic E-state index is 12.3. The molecular weight excluding hydrogens is 408 g/mol. The van der Waals surface area contributed by atoms with Crippen LogP contribution in [0.15, 0.2) is 48.5 Å². The van der Waals surface area contributed by atoms with E-state index in [9.17, 15) is 18.0 Å². The van der Waals surface area contributed by atoms with Crippen LogP contribution in [0.25, 0.3) is 0 Å². The van der Waals surface area contributed by atoms with E-state index in [0.717, 1.165) is 6.26 Å². The molecule has 0 saturated carbocycles. The third-order valence-electron chi connectivity index (χ3n) is 4.19. The number of ether oxygens (including phenoxy) is 2. The number of nitrogens with one attached hydrogen (secondary N) is 1. The van der Waals surface area contributed by atoms with Crippen molar-refractivity contribution in [3.05, 3.63) is 54.1 Å². The molecule has 9 heteroatoms. The molecule has 0 aliphatic rings. The Morgan fingerprint density at radius 3 is 2.33 bits per heavy atom. The maximum Gasteiger partial charge on any atom is 0.337 e. The number of carbonyl (C=O) groups is 2. The van der Waals surface area contributed by atoms with Crippen LogP contribution in [0, 0.1) is 0 Å². The third kappa shape index (κ3) is 6.48. The Balaban J connectivity index is 1.99. The lowest BCUT2D eigenvalue weighted by Crippen LogP contribution is -2.31. The Morgan fingerprint density at radius 1 is 1.07 bits per heavy atom. The van der Waals surface area contributed by atoms with Crippen LogP contribution in [0.2, 0.25) is 0 Å². The van der Waals surface area contributed by atoms with E-state index < -0.39 is 16.0 Å². The van der Waals surface area contributed by atoms with Crippen molar-refractivity contribution in [2.75, 3.05) is 36.1 Å². The van der Waals surface area contributed by atoms with Crippen molar-refractivity contribution < 1.29 is 27.5 Å². The molecule has 2 rings (SSSR count). The van der Waals surface area contributed by atoms with Crippen molar-refractivity contribution in [3.8, 4) is 5.75 Å². The second-order valence-electron chi connectivity index (χ2n) is 6.46. The molecule has 1 N–H and O–H groups in total. The Morgan fingerprint density at radius 2 is 1.73 bits per heavy atom.